The molecule has 0 aliphatic heterocycles. The highest BCUT2D eigenvalue weighted by molar-refractivity contribution is 5.89. The number of nitrogens with zero attached hydrogens (tertiary/aromatic N) is 1. The second kappa shape index (κ2) is 3.96. The summed E-state index contributed by atoms with van der Waals surface area (Å²) in [5.74, 6) is -1.48. The number of nitrogens with one attached hydrogen (secondary N) is 1. The molecular weight excluding hydrogens is 212 g/mol. The second-order valence-corrected chi connectivity index (χ2v) is 3.94. The van der Waals surface area contributed by atoms with Crippen molar-refractivity contribution >= 4 is 11.9 Å². The summed E-state index contributed by atoms with van der Waals surface area (Å²) in [5, 5.41) is 15.0. The largest absolute Gasteiger partial charge is 0.481 e. The van der Waals surface area contributed by atoms with Crippen LogP contribution in [0.4, 0.5) is 0 Å². The first-order valence-electron chi connectivity index (χ1n) is 5.00. The number of hydrogen-bond acceptors (Lipinski definition) is 4. The van der Waals surface area contributed by atoms with Gasteiger partial charge in [0.1, 0.15) is 0 Å². The van der Waals surface area contributed by atoms with E-state index in [4.69, 9.17) is 9.63 Å². The van der Waals surface area contributed by atoms with Gasteiger partial charge >= 0.3 is 5.97 Å². The van der Waals surface area contributed by atoms with E-state index >= 15 is 0 Å². The van der Waals surface area contributed by atoms with E-state index in [0.717, 1.165) is 5.69 Å². The fourth-order valence-corrected chi connectivity index (χ4v) is 1.56. The average Bonchev–Trinajstić information content (AvgIpc) is 2.93. The number of hydrogen-bond donors (Lipinski definition) is 2. The number of aliphatic carboxylic acids is 1. The zero-order valence-electron chi connectivity index (χ0n) is 8.77. The lowest BCUT2D eigenvalue weighted by atomic mass is 10.3. The lowest BCUT2D eigenvalue weighted by Crippen LogP contribution is -2.25. The zero-order chi connectivity index (χ0) is 11.7. The minimum atomic E-state index is -0.907. The zero-order valence-corrected chi connectivity index (χ0v) is 8.77. The maximum Gasteiger partial charge on any atom is 0.307 e. The predicted molar refractivity (Wildman–Crippen MR) is 52.3 cm³/mol. The van der Waals surface area contributed by atoms with Gasteiger partial charge in [-0.3, -0.25) is 9.59 Å². The Morgan fingerprint density at radius 2 is 2.38 bits per heavy atom. The van der Waals surface area contributed by atoms with Crippen LogP contribution in [-0.4, -0.2) is 22.1 Å². The number of rotatable bonds is 4. The van der Waals surface area contributed by atoms with Crippen LogP contribution in [0.5, 0.6) is 0 Å². The van der Waals surface area contributed by atoms with E-state index in [-0.39, 0.29) is 18.4 Å². The Morgan fingerprint density at radius 3 is 2.88 bits per heavy atom. The minimum Gasteiger partial charge on any atom is -0.481 e. The van der Waals surface area contributed by atoms with Gasteiger partial charge < -0.3 is 14.9 Å². The van der Waals surface area contributed by atoms with Crippen LogP contribution in [0.3, 0.4) is 0 Å². The summed E-state index contributed by atoms with van der Waals surface area (Å²) >= 11 is 0. The number of carboxylic acids is 1. The molecular formula is C10H12N2O4. The first kappa shape index (κ1) is 10.7. The number of amides is 1. The Kier molecular flexibility index (Phi) is 2.64. The lowest BCUT2D eigenvalue weighted by Gasteiger charge is -2.00. The van der Waals surface area contributed by atoms with Crippen molar-refractivity contribution in [1.82, 2.24) is 10.5 Å². The van der Waals surface area contributed by atoms with Gasteiger partial charge in [0.05, 0.1) is 24.1 Å². The number of carbonyl (C=O) groups excluding carboxylic acids is 1. The molecule has 86 valence electrons. The van der Waals surface area contributed by atoms with Gasteiger partial charge in [0.15, 0.2) is 5.76 Å². The lowest BCUT2D eigenvalue weighted by molar-refractivity contribution is -0.140. The van der Waals surface area contributed by atoms with Crippen molar-refractivity contribution in [3.63, 3.8) is 0 Å². The molecule has 0 unspecified atom stereocenters. The molecule has 0 radical (unpaired) electrons. The Bertz CT molecular complexity index is 426. The normalized spacial score (nSPS) is 22.8. The third kappa shape index (κ3) is 2.21. The molecule has 1 amide bonds. The highest BCUT2D eigenvalue weighted by Gasteiger charge is 2.48. The van der Waals surface area contributed by atoms with Gasteiger partial charge in [-0.05, 0) is 13.3 Å². The van der Waals surface area contributed by atoms with Gasteiger partial charge in [0, 0.05) is 6.07 Å². The molecule has 0 aromatic carbocycles. The van der Waals surface area contributed by atoms with Crippen LogP contribution in [0.25, 0.3) is 0 Å². The minimum absolute atomic E-state index is 0.235. The van der Waals surface area contributed by atoms with Crippen molar-refractivity contribution in [2.24, 2.45) is 11.8 Å². The highest BCUT2D eigenvalue weighted by Crippen LogP contribution is 2.38. The van der Waals surface area contributed by atoms with Crippen LogP contribution in [0.2, 0.25) is 0 Å². The van der Waals surface area contributed by atoms with E-state index in [1.807, 2.05) is 0 Å². The molecule has 1 heterocycles. The van der Waals surface area contributed by atoms with Crippen LogP contribution in [0.15, 0.2) is 10.6 Å². The number of carbonyl (C=O) groups is 2. The summed E-state index contributed by atoms with van der Waals surface area (Å²) < 4.78 is 4.91. The fraction of sp³-hybridized carbons (Fsp3) is 0.500. The fourth-order valence-electron chi connectivity index (χ4n) is 1.56. The molecule has 1 fully saturated rings. The third-order valence-electron chi connectivity index (χ3n) is 2.56. The Morgan fingerprint density at radius 1 is 1.62 bits per heavy atom. The molecule has 0 saturated heterocycles. The molecule has 2 rings (SSSR count). The van der Waals surface area contributed by atoms with E-state index < -0.39 is 11.9 Å². The standard InChI is InChI=1S/C10H12N2O4/c1-5-2-6(16-12-5)4-11-9(13)7-3-8(7)10(14)15/h2,7-8H,3-4H2,1H3,(H,11,13)(H,14,15)/t7-,8+/m1/s1. The molecule has 6 heteroatoms. The summed E-state index contributed by atoms with van der Waals surface area (Å²) in [7, 11) is 0. The summed E-state index contributed by atoms with van der Waals surface area (Å²) in [4.78, 5) is 22.0. The quantitative estimate of drug-likeness (QED) is 0.768. The molecule has 0 bridgehead atoms. The Balaban J connectivity index is 1.79. The molecule has 1 aromatic rings. The van der Waals surface area contributed by atoms with Crippen molar-refractivity contribution in [3.8, 4) is 0 Å². The van der Waals surface area contributed by atoms with E-state index in [0.29, 0.717) is 12.2 Å². The maximum atomic E-state index is 11.5. The van der Waals surface area contributed by atoms with Gasteiger partial charge in [-0.25, -0.2) is 0 Å². The molecule has 2 atom stereocenters. The van der Waals surface area contributed by atoms with Crippen molar-refractivity contribution in [1.29, 1.82) is 0 Å². The van der Waals surface area contributed by atoms with Crippen LogP contribution >= 0.6 is 0 Å². The molecule has 16 heavy (non-hydrogen) atoms. The van der Waals surface area contributed by atoms with Gasteiger partial charge in [-0.15, -0.1) is 0 Å². The van der Waals surface area contributed by atoms with Crippen LogP contribution in [0, 0.1) is 18.8 Å². The molecule has 6 nitrogen and oxygen atoms in total. The van der Waals surface area contributed by atoms with E-state index in [1.54, 1.807) is 13.0 Å². The van der Waals surface area contributed by atoms with Crippen molar-refractivity contribution in [2.75, 3.05) is 0 Å². The van der Waals surface area contributed by atoms with Crippen LogP contribution in [0.1, 0.15) is 17.9 Å². The van der Waals surface area contributed by atoms with Crippen molar-refractivity contribution in [3.05, 3.63) is 17.5 Å². The molecule has 1 aromatic heterocycles. The number of carboxylic acid groups (broad SMARTS) is 1. The van der Waals surface area contributed by atoms with Crippen LogP contribution in [-0.2, 0) is 16.1 Å². The second-order valence-electron chi connectivity index (χ2n) is 3.94. The van der Waals surface area contributed by atoms with Gasteiger partial charge in [0.2, 0.25) is 5.91 Å². The third-order valence-corrected chi connectivity index (χ3v) is 2.56. The monoisotopic (exact) mass is 224 g/mol. The van der Waals surface area contributed by atoms with Gasteiger partial charge in [-0.2, -0.15) is 0 Å². The number of aromatic nitrogens is 1. The smallest absolute Gasteiger partial charge is 0.307 e. The van der Waals surface area contributed by atoms with Crippen molar-refractivity contribution < 1.29 is 19.2 Å². The summed E-state index contributed by atoms with van der Waals surface area (Å²) in [6.07, 6.45) is 0.427. The summed E-state index contributed by atoms with van der Waals surface area (Å²) in [5.41, 5.74) is 0.749. The molecule has 2 N–H and O–H groups in total. The molecule has 1 aliphatic carbocycles. The number of aryl methyl sites for hydroxylation is 1. The molecule has 1 saturated carbocycles. The van der Waals surface area contributed by atoms with Gasteiger partial charge in [-0.1, -0.05) is 5.16 Å². The van der Waals surface area contributed by atoms with Gasteiger partial charge in [0.25, 0.3) is 0 Å². The summed E-state index contributed by atoms with van der Waals surface area (Å²) in [6, 6.07) is 1.72. The predicted octanol–water partition coefficient (Wildman–Crippen LogP) is 0.320. The Labute approximate surface area is 91.6 Å². The van der Waals surface area contributed by atoms with E-state index in [9.17, 15) is 9.59 Å². The summed E-state index contributed by atoms with van der Waals surface area (Å²) in [6.45, 7) is 2.04. The Hall–Kier alpha value is -1.85. The molecule has 0 spiro atoms. The van der Waals surface area contributed by atoms with Crippen molar-refractivity contribution in [2.45, 2.75) is 19.9 Å². The van der Waals surface area contributed by atoms with E-state index in [2.05, 4.69) is 10.5 Å². The first-order valence-corrected chi connectivity index (χ1v) is 5.00. The van der Waals surface area contributed by atoms with E-state index in [1.165, 1.54) is 0 Å². The first-order chi connectivity index (χ1) is 7.58. The molecule has 1 aliphatic rings. The maximum absolute atomic E-state index is 11.5. The highest BCUT2D eigenvalue weighted by atomic mass is 16.5. The SMILES string of the molecule is Cc1cc(CNC(=O)[C@@H]2C[C@@H]2C(=O)O)on1. The topological polar surface area (TPSA) is 92.4 Å². The van der Waals surface area contributed by atoms with Crippen LogP contribution < -0.4 is 5.32 Å². The average molecular weight is 224 g/mol.